The molecule has 0 aliphatic heterocycles. The van der Waals surface area contributed by atoms with Gasteiger partial charge in [-0.05, 0) is 6.42 Å². The average molecular weight is 357 g/mol. The van der Waals surface area contributed by atoms with Gasteiger partial charge in [0.1, 0.15) is 8.43 Å². The van der Waals surface area contributed by atoms with E-state index < -0.39 is 0 Å². The molecule has 0 fully saturated rings. The molecule has 0 heterocycles. The fraction of sp³-hybridized carbons (Fsp3) is 0.750. The minimum absolute atomic E-state index is 0. The van der Waals surface area contributed by atoms with Crippen molar-refractivity contribution in [3.05, 3.63) is 0 Å². The van der Waals surface area contributed by atoms with Crippen molar-refractivity contribution in [3.8, 4) is 0 Å². The second kappa shape index (κ2) is 6.53. The molecule has 0 radical (unpaired) electrons. The van der Waals surface area contributed by atoms with Crippen molar-refractivity contribution in [2.75, 3.05) is 0 Å². The summed E-state index contributed by atoms with van der Waals surface area (Å²) in [7, 11) is 0. The standard InChI is InChI=1S/C4H5Br3O.Ti/c5-4(6,7)2-1-3-8;/h3H,1-2H2;. The van der Waals surface area contributed by atoms with Crippen LogP contribution in [0.3, 0.4) is 0 Å². The van der Waals surface area contributed by atoms with Gasteiger partial charge in [0.05, 0.1) is 0 Å². The van der Waals surface area contributed by atoms with Gasteiger partial charge in [-0.25, -0.2) is 0 Å². The van der Waals surface area contributed by atoms with Crippen LogP contribution >= 0.6 is 47.8 Å². The van der Waals surface area contributed by atoms with Crippen LogP contribution in [0.4, 0.5) is 0 Å². The van der Waals surface area contributed by atoms with Gasteiger partial charge in [-0.1, -0.05) is 47.8 Å². The molecular weight excluding hydrogens is 352 g/mol. The van der Waals surface area contributed by atoms with E-state index in [1.54, 1.807) is 0 Å². The molecule has 0 N–H and O–H groups in total. The molecule has 0 saturated carbocycles. The van der Waals surface area contributed by atoms with Crippen molar-refractivity contribution >= 4 is 54.1 Å². The van der Waals surface area contributed by atoms with E-state index in [1.807, 2.05) is 0 Å². The first-order valence-corrected chi connectivity index (χ1v) is 4.44. The Labute approximate surface area is 94.6 Å². The summed E-state index contributed by atoms with van der Waals surface area (Å²) in [5.74, 6) is 0. The SMILES string of the molecule is O=CCCC(Br)(Br)Br.[Ti]. The van der Waals surface area contributed by atoms with Crippen molar-refractivity contribution in [2.24, 2.45) is 0 Å². The molecule has 0 spiro atoms. The van der Waals surface area contributed by atoms with E-state index in [4.69, 9.17) is 0 Å². The summed E-state index contributed by atoms with van der Waals surface area (Å²) >= 11 is 9.76. The molecule has 0 aromatic carbocycles. The van der Waals surface area contributed by atoms with Crippen molar-refractivity contribution in [1.82, 2.24) is 0 Å². The maximum atomic E-state index is 9.79. The minimum Gasteiger partial charge on any atom is -0.303 e. The summed E-state index contributed by atoms with van der Waals surface area (Å²) < 4.78 is -0.242. The molecule has 9 heavy (non-hydrogen) atoms. The monoisotopic (exact) mass is 354 g/mol. The van der Waals surface area contributed by atoms with Crippen LogP contribution in [0.1, 0.15) is 12.8 Å². The Morgan fingerprint density at radius 2 is 1.78 bits per heavy atom. The van der Waals surface area contributed by atoms with Crippen molar-refractivity contribution in [1.29, 1.82) is 0 Å². The predicted molar refractivity (Wildman–Crippen MR) is 44.8 cm³/mol. The number of carbonyl (C=O) groups is 1. The first kappa shape index (κ1) is 13.4. The molecular formula is C4H5Br3OTi. The molecule has 0 saturated heterocycles. The van der Waals surface area contributed by atoms with Crippen LogP contribution in [0.25, 0.3) is 0 Å². The maximum absolute atomic E-state index is 9.79. The number of aldehydes is 1. The third-order valence-electron chi connectivity index (χ3n) is 0.546. The Morgan fingerprint density at radius 1 is 1.33 bits per heavy atom. The van der Waals surface area contributed by atoms with Gasteiger partial charge in [0.15, 0.2) is 0 Å². The van der Waals surface area contributed by atoms with Crippen LogP contribution < -0.4 is 0 Å². The Balaban J connectivity index is 0. The summed E-state index contributed by atoms with van der Waals surface area (Å²) in [5.41, 5.74) is 0. The number of rotatable bonds is 2. The summed E-state index contributed by atoms with van der Waals surface area (Å²) in [6.07, 6.45) is 2.19. The summed E-state index contributed by atoms with van der Waals surface area (Å²) in [5, 5.41) is 0. The van der Waals surface area contributed by atoms with Crippen molar-refractivity contribution < 1.29 is 26.5 Å². The zero-order valence-electron chi connectivity index (χ0n) is 4.53. The van der Waals surface area contributed by atoms with Crippen LogP contribution in [0.5, 0.6) is 0 Å². The first-order valence-electron chi connectivity index (χ1n) is 2.06. The fourth-order valence-electron chi connectivity index (χ4n) is 0.223. The minimum atomic E-state index is -0.242. The zero-order valence-corrected chi connectivity index (χ0v) is 10.9. The molecule has 0 rings (SSSR count). The van der Waals surface area contributed by atoms with Crippen molar-refractivity contribution in [3.63, 3.8) is 0 Å². The van der Waals surface area contributed by atoms with Crippen LogP contribution in [-0.4, -0.2) is 8.43 Å². The fourth-order valence-corrected chi connectivity index (χ4v) is 0.909. The van der Waals surface area contributed by atoms with E-state index in [0.29, 0.717) is 6.42 Å². The van der Waals surface area contributed by atoms with Gasteiger partial charge in [0.2, 0.25) is 0 Å². The molecule has 0 bridgehead atoms. The molecule has 0 aliphatic carbocycles. The second-order valence-corrected chi connectivity index (χ2v) is 8.57. The third kappa shape index (κ3) is 12.9. The molecule has 0 unspecified atom stereocenters. The smallest absolute Gasteiger partial charge is 0.135 e. The Morgan fingerprint density at radius 3 is 1.89 bits per heavy atom. The van der Waals surface area contributed by atoms with Gasteiger partial charge >= 0.3 is 0 Å². The van der Waals surface area contributed by atoms with Gasteiger partial charge in [-0.3, -0.25) is 0 Å². The van der Waals surface area contributed by atoms with E-state index in [0.717, 1.165) is 12.7 Å². The Hall–Kier alpha value is 1.82. The van der Waals surface area contributed by atoms with E-state index in [2.05, 4.69) is 47.8 Å². The van der Waals surface area contributed by atoms with Gasteiger partial charge in [0, 0.05) is 28.1 Å². The van der Waals surface area contributed by atoms with E-state index in [1.165, 1.54) is 0 Å². The zero-order chi connectivity index (χ0) is 6.62. The molecule has 0 amide bonds. The van der Waals surface area contributed by atoms with Gasteiger partial charge in [-0.15, -0.1) is 0 Å². The predicted octanol–water partition coefficient (Wildman–Crippen LogP) is 2.80. The van der Waals surface area contributed by atoms with Gasteiger partial charge in [-0.2, -0.15) is 0 Å². The first-order chi connectivity index (χ1) is 3.56. The van der Waals surface area contributed by atoms with Gasteiger partial charge < -0.3 is 4.79 Å². The number of halogens is 3. The van der Waals surface area contributed by atoms with E-state index >= 15 is 0 Å². The van der Waals surface area contributed by atoms with Crippen LogP contribution in [-0.2, 0) is 26.5 Å². The average Bonchev–Trinajstić information content (AvgIpc) is 1.59. The Bertz CT molecular complexity index is 80.4. The molecule has 0 aromatic rings. The second-order valence-electron chi connectivity index (χ2n) is 1.32. The molecule has 1 nitrogen and oxygen atoms in total. The van der Waals surface area contributed by atoms with Crippen LogP contribution in [0.15, 0.2) is 0 Å². The van der Waals surface area contributed by atoms with Crippen molar-refractivity contribution in [2.45, 2.75) is 15.0 Å². The molecule has 0 aromatic heterocycles. The number of hydrogen-bond acceptors (Lipinski definition) is 1. The van der Waals surface area contributed by atoms with Crippen LogP contribution in [0.2, 0.25) is 0 Å². The topological polar surface area (TPSA) is 17.1 Å². The quantitative estimate of drug-likeness (QED) is 0.422. The number of hydrogen-bond donors (Lipinski definition) is 0. The normalized spacial score (nSPS) is 10.1. The molecule has 0 aliphatic rings. The number of carbonyl (C=O) groups excluding carboxylic acids is 1. The summed E-state index contributed by atoms with van der Waals surface area (Å²) in [6.45, 7) is 0. The van der Waals surface area contributed by atoms with Crippen LogP contribution in [0, 0.1) is 0 Å². The van der Waals surface area contributed by atoms with Gasteiger partial charge in [0.25, 0.3) is 0 Å². The molecule has 0 atom stereocenters. The van der Waals surface area contributed by atoms with E-state index in [9.17, 15) is 4.79 Å². The third-order valence-corrected chi connectivity index (χ3v) is 1.74. The molecule has 52 valence electrons. The Kier molecular flexibility index (Phi) is 9.73. The number of alkyl halides is 3. The maximum Gasteiger partial charge on any atom is 0.135 e. The molecule has 5 heteroatoms. The summed E-state index contributed by atoms with van der Waals surface area (Å²) in [6, 6.07) is 0. The van der Waals surface area contributed by atoms with E-state index in [-0.39, 0.29) is 23.9 Å². The summed E-state index contributed by atoms with van der Waals surface area (Å²) in [4.78, 5) is 9.79. The largest absolute Gasteiger partial charge is 0.303 e.